The van der Waals surface area contributed by atoms with Crippen LogP contribution in [0.5, 0.6) is 0 Å². The van der Waals surface area contributed by atoms with E-state index >= 15 is 0 Å². The van der Waals surface area contributed by atoms with Crippen LogP contribution >= 0.6 is 0 Å². The molecule has 0 aromatic heterocycles. The number of hydrogen-bond donors (Lipinski definition) is 1. The summed E-state index contributed by atoms with van der Waals surface area (Å²) in [5, 5.41) is 0. The van der Waals surface area contributed by atoms with Gasteiger partial charge in [-0.05, 0) is 50.5 Å². The lowest BCUT2D eigenvalue weighted by Crippen LogP contribution is -2.16. The van der Waals surface area contributed by atoms with E-state index in [9.17, 15) is 9.59 Å². The number of carbonyl (C=O) groups excluding carboxylic acids is 2. The van der Waals surface area contributed by atoms with Gasteiger partial charge in [-0.3, -0.25) is 4.79 Å². The van der Waals surface area contributed by atoms with Crippen molar-refractivity contribution in [3.8, 4) is 0 Å². The third-order valence-electron chi connectivity index (χ3n) is 4.37. The molecule has 0 fully saturated rings. The molecule has 0 bridgehead atoms. The van der Waals surface area contributed by atoms with E-state index in [1.807, 2.05) is 0 Å². The third kappa shape index (κ3) is 11.6. The van der Waals surface area contributed by atoms with Crippen molar-refractivity contribution in [3.05, 3.63) is 0 Å². The minimum atomic E-state index is 0.224. The summed E-state index contributed by atoms with van der Waals surface area (Å²) in [7, 11) is 0. The van der Waals surface area contributed by atoms with Crippen molar-refractivity contribution in [2.75, 3.05) is 6.54 Å². The molecule has 124 valence electrons. The van der Waals surface area contributed by atoms with Crippen LogP contribution in [0.3, 0.4) is 0 Å². The highest BCUT2D eigenvalue weighted by atomic mass is 16.1. The van der Waals surface area contributed by atoms with E-state index in [2.05, 4.69) is 20.8 Å². The predicted octanol–water partition coefficient (Wildman–Crippen LogP) is 4.13. The minimum absolute atomic E-state index is 0.224. The van der Waals surface area contributed by atoms with Crippen LogP contribution in [-0.4, -0.2) is 18.1 Å². The van der Waals surface area contributed by atoms with Gasteiger partial charge >= 0.3 is 0 Å². The van der Waals surface area contributed by atoms with Crippen molar-refractivity contribution in [1.29, 1.82) is 0 Å². The fraction of sp³-hybridized carbons (Fsp3) is 0.889. The van der Waals surface area contributed by atoms with E-state index in [-0.39, 0.29) is 5.78 Å². The predicted molar refractivity (Wildman–Crippen MR) is 89.2 cm³/mol. The lowest BCUT2D eigenvalue weighted by atomic mass is 9.85. The van der Waals surface area contributed by atoms with Gasteiger partial charge in [0.15, 0.2) is 0 Å². The van der Waals surface area contributed by atoms with Crippen LogP contribution in [0.1, 0.15) is 79.1 Å². The number of rotatable bonds is 13. The summed E-state index contributed by atoms with van der Waals surface area (Å²) in [6.45, 7) is 8.90. The molecule has 3 nitrogen and oxygen atoms in total. The summed E-state index contributed by atoms with van der Waals surface area (Å²) in [6, 6.07) is 0. The van der Waals surface area contributed by atoms with Crippen molar-refractivity contribution >= 4 is 11.6 Å². The Labute approximate surface area is 131 Å². The van der Waals surface area contributed by atoms with Gasteiger partial charge in [-0.2, -0.15) is 0 Å². The largest absolute Gasteiger partial charge is 0.330 e. The molecule has 0 aromatic carbocycles. The van der Waals surface area contributed by atoms with E-state index in [0.29, 0.717) is 42.8 Å². The van der Waals surface area contributed by atoms with E-state index in [1.165, 1.54) is 12.8 Å². The Morgan fingerprint density at radius 3 is 2.14 bits per heavy atom. The lowest BCUT2D eigenvalue weighted by Gasteiger charge is -2.20. The summed E-state index contributed by atoms with van der Waals surface area (Å²) in [4.78, 5) is 23.2. The lowest BCUT2D eigenvalue weighted by molar-refractivity contribution is -0.121. The van der Waals surface area contributed by atoms with E-state index < -0.39 is 0 Å². The van der Waals surface area contributed by atoms with Crippen molar-refractivity contribution in [3.63, 3.8) is 0 Å². The van der Waals surface area contributed by atoms with Gasteiger partial charge in [0.05, 0.1) is 0 Å². The van der Waals surface area contributed by atoms with Gasteiger partial charge in [-0.15, -0.1) is 0 Å². The maximum atomic E-state index is 12.1. The molecule has 0 aliphatic carbocycles. The second kappa shape index (κ2) is 11.9. The van der Waals surface area contributed by atoms with Crippen LogP contribution in [0.4, 0.5) is 0 Å². The molecule has 0 aromatic rings. The first-order valence-corrected chi connectivity index (χ1v) is 8.58. The van der Waals surface area contributed by atoms with Crippen molar-refractivity contribution < 1.29 is 9.59 Å². The summed E-state index contributed by atoms with van der Waals surface area (Å²) in [5.41, 5.74) is 5.49. The summed E-state index contributed by atoms with van der Waals surface area (Å²) in [5.74, 6) is 2.02. The average molecular weight is 297 g/mol. The highest BCUT2D eigenvalue weighted by molar-refractivity contribution is 5.79. The molecule has 0 rings (SSSR count). The van der Waals surface area contributed by atoms with Crippen molar-refractivity contribution in [2.24, 2.45) is 23.5 Å². The normalized spacial score (nSPS) is 14.2. The molecule has 2 N–H and O–H groups in total. The van der Waals surface area contributed by atoms with Crippen molar-refractivity contribution in [2.45, 2.75) is 79.1 Å². The van der Waals surface area contributed by atoms with E-state index in [1.54, 1.807) is 6.92 Å². The summed E-state index contributed by atoms with van der Waals surface area (Å²) < 4.78 is 0. The first-order valence-electron chi connectivity index (χ1n) is 8.58. The number of nitrogens with two attached hydrogens (primary N) is 1. The van der Waals surface area contributed by atoms with Gasteiger partial charge in [-0.25, -0.2) is 0 Å². The van der Waals surface area contributed by atoms with Gasteiger partial charge in [0.1, 0.15) is 11.6 Å². The van der Waals surface area contributed by atoms with E-state index in [4.69, 9.17) is 5.73 Å². The van der Waals surface area contributed by atoms with Crippen LogP contribution < -0.4 is 5.73 Å². The average Bonchev–Trinajstić information content (AvgIpc) is 2.41. The Hall–Kier alpha value is -0.700. The zero-order valence-electron chi connectivity index (χ0n) is 14.5. The molecule has 0 radical (unpaired) electrons. The second-order valence-electron chi connectivity index (χ2n) is 6.92. The van der Waals surface area contributed by atoms with Crippen LogP contribution in [0.25, 0.3) is 0 Å². The standard InChI is InChI=1S/C18H35NO2/c1-14(2)17(10-9-16(4)20)13-18(21)11-8-15(3)7-5-6-12-19/h14-15,17H,5-13,19H2,1-4H3/t15-,17-/m0/s1. The highest BCUT2D eigenvalue weighted by Gasteiger charge is 2.18. The van der Waals surface area contributed by atoms with Gasteiger partial charge in [0, 0.05) is 19.3 Å². The number of hydrogen-bond acceptors (Lipinski definition) is 3. The Balaban J connectivity index is 3.99. The maximum Gasteiger partial charge on any atom is 0.133 e. The third-order valence-corrected chi connectivity index (χ3v) is 4.37. The number of unbranched alkanes of at least 4 members (excludes halogenated alkanes) is 1. The SMILES string of the molecule is CC(=O)CC[C@@H](CC(=O)CC[C@@H](C)CCCCN)C(C)C. The van der Waals surface area contributed by atoms with Crippen LogP contribution in [-0.2, 0) is 9.59 Å². The minimum Gasteiger partial charge on any atom is -0.330 e. The van der Waals surface area contributed by atoms with Gasteiger partial charge in [0.2, 0.25) is 0 Å². The highest BCUT2D eigenvalue weighted by Crippen LogP contribution is 2.23. The smallest absolute Gasteiger partial charge is 0.133 e. The van der Waals surface area contributed by atoms with Crippen molar-refractivity contribution in [1.82, 2.24) is 0 Å². The molecule has 0 heterocycles. The van der Waals surface area contributed by atoms with Gasteiger partial charge in [-0.1, -0.05) is 33.6 Å². The first kappa shape index (κ1) is 20.3. The summed E-state index contributed by atoms with van der Waals surface area (Å²) in [6.07, 6.45) is 7.19. The Morgan fingerprint density at radius 1 is 0.952 bits per heavy atom. The van der Waals surface area contributed by atoms with E-state index in [0.717, 1.165) is 25.8 Å². The van der Waals surface area contributed by atoms with Crippen LogP contribution in [0.2, 0.25) is 0 Å². The molecule has 0 aliphatic rings. The zero-order chi connectivity index (χ0) is 16.3. The fourth-order valence-electron chi connectivity index (χ4n) is 2.64. The van der Waals surface area contributed by atoms with Gasteiger partial charge < -0.3 is 10.5 Å². The Kier molecular flexibility index (Phi) is 11.5. The molecular formula is C18H35NO2. The number of Topliss-reactive ketones (excluding diaryl/α,β-unsaturated/α-hetero) is 2. The molecule has 2 atom stereocenters. The Morgan fingerprint density at radius 2 is 1.62 bits per heavy atom. The molecule has 0 spiro atoms. The zero-order valence-corrected chi connectivity index (χ0v) is 14.5. The molecule has 21 heavy (non-hydrogen) atoms. The quantitative estimate of drug-likeness (QED) is 0.520. The maximum absolute atomic E-state index is 12.1. The van der Waals surface area contributed by atoms with Gasteiger partial charge in [0.25, 0.3) is 0 Å². The number of ketones is 2. The molecule has 0 unspecified atom stereocenters. The fourth-order valence-corrected chi connectivity index (χ4v) is 2.64. The van der Waals surface area contributed by atoms with Crippen LogP contribution in [0, 0.1) is 17.8 Å². The monoisotopic (exact) mass is 297 g/mol. The molecule has 0 amide bonds. The molecular weight excluding hydrogens is 262 g/mol. The first-order chi connectivity index (χ1) is 9.86. The number of carbonyl (C=O) groups is 2. The second-order valence-corrected chi connectivity index (χ2v) is 6.92. The molecule has 0 aliphatic heterocycles. The molecule has 0 saturated heterocycles. The summed E-state index contributed by atoms with van der Waals surface area (Å²) >= 11 is 0. The van der Waals surface area contributed by atoms with Crippen LogP contribution in [0.15, 0.2) is 0 Å². The topological polar surface area (TPSA) is 60.2 Å². The Bertz CT molecular complexity index is 300. The molecule has 0 saturated carbocycles. The molecule has 3 heteroatoms.